The van der Waals surface area contributed by atoms with Gasteiger partial charge in [0.2, 0.25) is 0 Å². The van der Waals surface area contributed by atoms with Crippen molar-refractivity contribution < 1.29 is 14.3 Å². The van der Waals surface area contributed by atoms with Gasteiger partial charge in [0.25, 0.3) is 0 Å². The molecule has 164 valence electrons. The number of fused-ring (bicyclic) bond motifs is 1. The largest absolute Gasteiger partial charge is 0.443 e. The fourth-order valence-corrected chi connectivity index (χ4v) is 4.28. The van der Waals surface area contributed by atoms with Crippen molar-refractivity contribution >= 4 is 23.3 Å². The third-order valence-electron chi connectivity index (χ3n) is 6.00. The van der Waals surface area contributed by atoms with Crippen LogP contribution in [0.15, 0.2) is 31.0 Å². The highest BCUT2D eigenvalue weighted by Gasteiger charge is 2.27. The molecule has 3 aromatic heterocycles. The number of esters is 1. The van der Waals surface area contributed by atoms with E-state index in [-0.39, 0.29) is 18.7 Å². The Morgan fingerprint density at radius 2 is 2.06 bits per heavy atom. The Kier molecular flexibility index (Phi) is 5.89. The molecule has 1 fully saturated rings. The van der Waals surface area contributed by atoms with Crippen LogP contribution < -0.4 is 0 Å². The number of hydrogen-bond donors (Lipinski definition) is 0. The van der Waals surface area contributed by atoms with Crippen molar-refractivity contribution in [1.29, 1.82) is 0 Å². The van der Waals surface area contributed by atoms with Crippen LogP contribution in [0, 0.1) is 11.3 Å². The number of carbonyl (C=O) groups excluding carboxylic acids is 2. The van der Waals surface area contributed by atoms with Gasteiger partial charge in [-0.1, -0.05) is 12.8 Å². The van der Waals surface area contributed by atoms with Crippen LogP contribution in [0.25, 0.3) is 22.3 Å². The summed E-state index contributed by atoms with van der Waals surface area (Å²) < 4.78 is 9.16. The van der Waals surface area contributed by atoms with Crippen molar-refractivity contribution in [3.05, 3.63) is 31.0 Å². The highest BCUT2D eigenvalue weighted by Crippen LogP contribution is 2.36. The molecular formula is C23H29N5O3. The van der Waals surface area contributed by atoms with Crippen LogP contribution in [-0.4, -0.2) is 36.6 Å². The van der Waals surface area contributed by atoms with Crippen LogP contribution in [0.4, 0.5) is 0 Å². The molecule has 0 spiro atoms. The van der Waals surface area contributed by atoms with Gasteiger partial charge in [-0.15, -0.1) is 0 Å². The van der Waals surface area contributed by atoms with Gasteiger partial charge in [-0.3, -0.25) is 14.0 Å². The molecule has 0 saturated heterocycles. The fraction of sp³-hybridized carbons (Fsp3) is 0.522. The molecule has 0 amide bonds. The van der Waals surface area contributed by atoms with E-state index < -0.39 is 5.41 Å². The van der Waals surface area contributed by atoms with Crippen LogP contribution in [0.2, 0.25) is 0 Å². The molecule has 0 aliphatic heterocycles. The maximum atomic E-state index is 12.1. The average Bonchev–Trinajstić information content (AvgIpc) is 3.50. The van der Waals surface area contributed by atoms with Gasteiger partial charge in [0, 0.05) is 29.8 Å². The molecule has 4 rings (SSSR count). The van der Waals surface area contributed by atoms with Gasteiger partial charge >= 0.3 is 5.97 Å². The van der Waals surface area contributed by atoms with Gasteiger partial charge in [0.1, 0.15) is 18.3 Å². The number of carbonyl (C=O) groups is 2. The topological polar surface area (TPSA) is 91.9 Å². The molecule has 0 bridgehead atoms. The van der Waals surface area contributed by atoms with Gasteiger partial charge in [-0.2, -0.15) is 5.10 Å². The Morgan fingerprint density at radius 1 is 1.29 bits per heavy atom. The Labute approximate surface area is 181 Å². The molecule has 8 heteroatoms. The minimum absolute atomic E-state index is 0.0903. The summed E-state index contributed by atoms with van der Waals surface area (Å²) in [6.07, 6.45) is 13.3. The van der Waals surface area contributed by atoms with E-state index in [9.17, 15) is 9.59 Å². The van der Waals surface area contributed by atoms with E-state index in [4.69, 9.17) is 4.74 Å². The Bertz CT molecular complexity index is 1070. The first-order chi connectivity index (χ1) is 14.9. The van der Waals surface area contributed by atoms with Gasteiger partial charge in [0.15, 0.2) is 6.73 Å². The van der Waals surface area contributed by atoms with E-state index in [1.165, 1.54) is 19.2 Å². The number of aromatic nitrogens is 5. The fourth-order valence-electron chi connectivity index (χ4n) is 4.28. The molecular weight excluding hydrogens is 394 g/mol. The summed E-state index contributed by atoms with van der Waals surface area (Å²) >= 11 is 0. The summed E-state index contributed by atoms with van der Waals surface area (Å²) in [4.78, 5) is 32.3. The molecule has 1 aliphatic rings. The van der Waals surface area contributed by atoms with Crippen LogP contribution in [-0.2, 0) is 21.1 Å². The third-order valence-corrected chi connectivity index (χ3v) is 6.00. The van der Waals surface area contributed by atoms with Gasteiger partial charge in [0.05, 0.1) is 23.3 Å². The van der Waals surface area contributed by atoms with E-state index in [2.05, 4.69) is 15.1 Å². The molecule has 0 radical (unpaired) electrons. The van der Waals surface area contributed by atoms with Gasteiger partial charge in [-0.25, -0.2) is 9.97 Å². The van der Waals surface area contributed by atoms with Gasteiger partial charge < -0.3 is 9.53 Å². The van der Waals surface area contributed by atoms with Crippen molar-refractivity contribution in [2.24, 2.45) is 11.3 Å². The summed E-state index contributed by atoms with van der Waals surface area (Å²) in [6, 6.07) is 2.01. The maximum Gasteiger partial charge on any atom is 0.312 e. The molecule has 1 aliphatic carbocycles. The lowest BCUT2D eigenvalue weighted by atomic mass is 9.96. The van der Waals surface area contributed by atoms with Crippen molar-refractivity contribution in [1.82, 2.24) is 24.3 Å². The Hall–Kier alpha value is -3.03. The number of hydrogen-bond acceptors (Lipinski definition) is 6. The minimum Gasteiger partial charge on any atom is -0.443 e. The molecule has 1 atom stereocenters. The second-order valence-corrected chi connectivity index (χ2v) is 9.28. The zero-order valence-electron chi connectivity index (χ0n) is 18.3. The summed E-state index contributed by atoms with van der Waals surface area (Å²) in [5.74, 6) is 0.222. The van der Waals surface area contributed by atoms with Crippen molar-refractivity contribution in [3.8, 4) is 11.3 Å². The second kappa shape index (κ2) is 8.61. The van der Waals surface area contributed by atoms with E-state index in [0.717, 1.165) is 35.8 Å². The van der Waals surface area contributed by atoms with Crippen molar-refractivity contribution in [3.63, 3.8) is 0 Å². The average molecular weight is 424 g/mol. The molecule has 0 unspecified atom stereocenters. The van der Waals surface area contributed by atoms with Gasteiger partial charge in [-0.05, 0) is 45.6 Å². The highest BCUT2D eigenvalue weighted by molar-refractivity contribution is 5.90. The lowest BCUT2D eigenvalue weighted by Crippen LogP contribution is -2.23. The lowest BCUT2D eigenvalue weighted by molar-refractivity contribution is -0.156. The number of ether oxygens (including phenoxy) is 1. The predicted octanol–water partition coefficient (Wildman–Crippen LogP) is 4.16. The summed E-state index contributed by atoms with van der Waals surface area (Å²) in [7, 11) is 0. The molecule has 8 nitrogen and oxygen atoms in total. The lowest BCUT2D eigenvalue weighted by Gasteiger charge is -2.21. The third kappa shape index (κ3) is 4.38. The summed E-state index contributed by atoms with van der Waals surface area (Å²) in [6.45, 7) is 5.57. The SMILES string of the molecule is CC(C)(C)C(=O)OCn1ccc2c(-c3cnn([C@H](CC=O)C4CCCC4)c3)ncnc21. The van der Waals surface area contributed by atoms with Crippen molar-refractivity contribution in [2.75, 3.05) is 0 Å². The smallest absolute Gasteiger partial charge is 0.312 e. The number of aldehydes is 1. The zero-order valence-corrected chi connectivity index (χ0v) is 18.3. The first-order valence-corrected chi connectivity index (χ1v) is 10.8. The summed E-state index contributed by atoms with van der Waals surface area (Å²) in [5, 5.41) is 5.44. The predicted molar refractivity (Wildman–Crippen MR) is 116 cm³/mol. The Balaban J connectivity index is 1.60. The molecule has 1 saturated carbocycles. The highest BCUT2D eigenvalue weighted by atomic mass is 16.5. The van der Waals surface area contributed by atoms with E-state index in [1.54, 1.807) is 10.8 Å². The minimum atomic E-state index is -0.560. The first-order valence-electron chi connectivity index (χ1n) is 10.8. The van der Waals surface area contributed by atoms with Crippen LogP contribution >= 0.6 is 0 Å². The molecule has 3 heterocycles. The molecule has 31 heavy (non-hydrogen) atoms. The number of rotatable bonds is 7. The standard InChI is InChI=1S/C23H29N5O3/c1-23(2,3)22(30)31-15-27-10-8-18-20(24-14-25-21(18)27)17-12-26-28(13-17)19(9-11-29)16-6-4-5-7-16/h8,10-14,16,19H,4-7,9,15H2,1-3H3/t19-/m1/s1. The maximum absolute atomic E-state index is 12.1. The normalized spacial score (nSPS) is 16.0. The first kappa shape index (κ1) is 21.2. The number of nitrogens with zero attached hydrogens (tertiary/aromatic N) is 5. The van der Waals surface area contributed by atoms with E-state index in [0.29, 0.717) is 18.0 Å². The van der Waals surface area contributed by atoms with Crippen LogP contribution in [0.3, 0.4) is 0 Å². The van der Waals surface area contributed by atoms with Crippen molar-refractivity contribution in [2.45, 2.75) is 65.6 Å². The monoisotopic (exact) mass is 423 g/mol. The molecule has 3 aromatic rings. The summed E-state index contributed by atoms with van der Waals surface area (Å²) in [5.41, 5.74) is 1.79. The second-order valence-electron chi connectivity index (χ2n) is 9.28. The molecule has 0 N–H and O–H groups in total. The van der Waals surface area contributed by atoms with Crippen LogP contribution in [0.1, 0.15) is 58.9 Å². The van der Waals surface area contributed by atoms with Crippen LogP contribution in [0.5, 0.6) is 0 Å². The molecule has 0 aromatic carbocycles. The zero-order chi connectivity index (χ0) is 22.0. The van der Waals surface area contributed by atoms with E-state index >= 15 is 0 Å². The Morgan fingerprint density at radius 3 is 2.77 bits per heavy atom. The quantitative estimate of drug-likeness (QED) is 0.418. The van der Waals surface area contributed by atoms with E-state index in [1.807, 2.05) is 43.9 Å².